The van der Waals surface area contributed by atoms with Crippen molar-refractivity contribution in [3.05, 3.63) is 48.7 Å². The Bertz CT molecular complexity index is 280. The van der Waals surface area contributed by atoms with Gasteiger partial charge < -0.3 is 5.73 Å². The molecule has 0 bridgehead atoms. The van der Waals surface area contributed by atoms with E-state index < -0.39 is 0 Å². The van der Waals surface area contributed by atoms with Crippen LogP contribution in [0.15, 0.2) is 48.7 Å². The minimum atomic E-state index is 0.0898. The second-order valence-electron chi connectivity index (χ2n) is 4.30. The molecule has 0 atom stereocenters. The van der Waals surface area contributed by atoms with Crippen molar-refractivity contribution in [3.63, 3.8) is 0 Å². The lowest BCUT2D eigenvalue weighted by molar-refractivity contribution is 0.409. The highest BCUT2D eigenvalue weighted by atomic mass is 14.6. The van der Waals surface area contributed by atoms with Crippen molar-refractivity contribution in [2.45, 2.75) is 33.6 Å². The Labute approximate surface area is 94.1 Å². The maximum atomic E-state index is 5.95. The van der Waals surface area contributed by atoms with Crippen molar-refractivity contribution >= 4 is 0 Å². The SMILES string of the molecule is C=C/C=C\C(=C(\N)C=C)C(C)(C)CCC. The third kappa shape index (κ3) is 4.20. The van der Waals surface area contributed by atoms with Crippen molar-refractivity contribution in [3.8, 4) is 0 Å². The summed E-state index contributed by atoms with van der Waals surface area (Å²) in [5.74, 6) is 0. The van der Waals surface area contributed by atoms with Gasteiger partial charge in [-0.1, -0.05) is 58.6 Å². The fraction of sp³-hybridized carbons (Fsp3) is 0.429. The predicted molar refractivity (Wildman–Crippen MR) is 69.4 cm³/mol. The first kappa shape index (κ1) is 13.8. The van der Waals surface area contributed by atoms with Crippen LogP contribution < -0.4 is 5.73 Å². The van der Waals surface area contributed by atoms with E-state index in [4.69, 9.17) is 5.73 Å². The van der Waals surface area contributed by atoms with Gasteiger partial charge in [0.15, 0.2) is 0 Å². The summed E-state index contributed by atoms with van der Waals surface area (Å²) in [6, 6.07) is 0. The van der Waals surface area contributed by atoms with Crippen molar-refractivity contribution in [1.29, 1.82) is 0 Å². The zero-order valence-electron chi connectivity index (χ0n) is 10.2. The molecule has 0 aromatic carbocycles. The summed E-state index contributed by atoms with van der Waals surface area (Å²) in [6.45, 7) is 14.0. The molecule has 0 fully saturated rings. The van der Waals surface area contributed by atoms with Crippen molar-refractivity contribution in [1.82, 2.24) is 0 Å². The smallest absolute Gasteiger partial charge is 0.0346 e. The summed E-state index contributed by atoms with van der Waals surface area (Å²) in [5, 5.41) is 0. The lowest BCUT2D eigenvalue weighted by Crippen LogP contribution is -2.17. The van der Waals surface area contributed by atoms with E-state index in [0.29, 0.717) is 0 Å². The Morgan fingerprint density at radius 2 is 1.93 bits per heavy atom. The van der Waals surface area contributed by atoms with E-state index in [2.05, 4.69) is 33.9 Å². The van der Waals surface area contributed by atoms with E-state index >= 15 is 0 Å². The number of rotatable bonds is 6. The molecule has 0 aromatic rings. The van der Waals surface area contributed by atoms with Gasteiger partial charge >= 0.3 is 0 Å². The number of nitrogens with two attached hydrogens (primary N) is 1. The molecule has 0 aromatic heterocycles. The molecule has 0 spiro atoms. The molecule has 15 heavy (non-hydrogen) atoms. The highest BCUT2D eigenvalue weighted by Crippen LogP contribution is 2.33. The molecular formula is C14H23N. The molecular weight excluding hydrogens is 182 g/mol. The molecule has 0 unspecified atom stereocenters. The molecule has 0 saturated carbocycles. The van der Waals surface area contributed by atoms with Crippen LogP contribution in [0.4, 0.5) is 0 Å². The van der Waals surface area contributed by atoms with Crippen LogP contribution in [0.25, 0.3) is 0 Å². The third-order valence-corrected chi connectivity index (χ3v) is 2.53. The zero-order chi connectivity index (χ0) is 11.9. The van der Waals surface area contributed by atoms with E-state index in [1.165, 1.54) is 0 Å². The first-order chi connectivity index (χ1) is 6.99. The Morgan fingerprint density at radius 1 is 1.33 bits per heavy atom. The van der Waals surface area contributed by atoms with Crippen LogP contribution in [-0.2, 0) is 0 Å². The van der Waals surface area contributed by atoms with Gasteiger partial charge in [-0.25, -0.2) is 0 Å². The summed E-state index contributed by atoms with van der Waals surface area (Å²) in [5.41, 5.74) is 7.93. The number of hydrogen-bond donors (Lipinski definition) is 1. The van der Waals surface area contributed by atoms with Gasteiger partial charge in [0.1, 0.15) is 0 Å². The Kier molecular flexibility index (Phi) is 5.76. The molecule has 2 N–H and O–H groups in total. The first-order valence-electron chi connectivity index (χ1n) is 5.41. The van der Waals surface area contributed by atoms with Crippen LogP contribution in [0.3, 0.4) is 0 Å². The van der Waals surface area contributed by atoms with Crippen LogP contribution in [0.2, 0.25) is 0 Å². The maximum absolute atomic E-state index is 5.95. The van der Waals surface area contributed by atoms with Gasteiger partial charge in [0.2, 0.25) is 0 Å². The van der Waals surface area contributed by atoms with Crippen LogP contribution in [0.5, 0.6) is 0 Å². The second-order valence-corrected chi connectivity index (χ2v) is 4.30. The van der Waals surface area contributed by atoms with Gasteiger partial charge in [-0.15, -0.1) is 0 Å². The highest BCUT2D eigenvalue weighted by Gasteiger charge is 2.21. The summed E-state index contributed by atoms with van der Waals surface area (Å²) in [7, 11) is 0. The van der Waals surface area contributed by atoms with Crippen LogP contribution in [-0.4, -0.2) is 0 Å². The molecule has 0 aliphatic carbocycles. The monoisotopic (exact) mass is 205 g/mol. The van der Waals surface area contributed by atoms with E-state index in [1.54, 1.807) is 12.2 Å². The Hall–Kier alpha value is -1.24. The van der Waals surface area contributed by atoms with Gasteiger partial charge in [0, 0.05) is 5.70 Å². The second kappa shape index (κ2) is 6.28. The summed E-state index contributed by atoms with van der Waals surface area (Å²) in [6.07, 6.45) is 9.67. The molecule has 0 radical (unpaired) electrons. The van der Waals surface area contributed by atoms with E-state index in [-0.39, 0.29) is 5.41 Å². The Balaban J connectivity index is 5.19. The number of hydrogen-bond acceptors (Lipinski definition) is 1. The largest absolute Gasteiger partial charge is 0.399 e. The molecule has 1 nitrogen and oxygen atoms in total. The van der Waals surface area contributed by atoms with Crippen LogP contribution >= 0.6 is 0 Å². The van der Waals surface area contributed by atoms with Gasteiger partial charge in [-0.2, -0.15) is 0 Å². The van der Waals surface area contributed by atoms with Crippen molar-refractivity contribution in [2.24, 2.45) is 11.1 Å². The molecule has 0 saturated heterocycles. The minimum Gasteiger partial charge on any atom is -0.399 e. The molecule has 1 heteroatoms. The quantitative estimate of drug-likeness (QED) is 0.653. The first-order valence-corrected chi connectivity index (χ1v) is 5.41. The van der Waals surface area contributed by atoms with E-state index in [9.17, 15) is 0 Å². The molecule has 0 amide bonds. The average Bonchev–Trinajstić information content (AvgIpc) is 2.17. The van der Waals surface area contributed by atoms with Gasteiger partial charge in [-0.3, -0.25) is 0 Å². The van der Waals surface area contributed by atoms with Crippen molar-refractivity contribution in [2.75, 3.05) is 0 Å². The molecule has 84 valence electrons. The van der Waals surface area contributed by atoms with Gasteiger partial charge in [-0.05, 0) is 23.5 Å². The molecule has 0 rings (SSSR count). The summed E-state index contributed by atoms with van der Waals surface area (Å²) in [4.78, 5) is 0. The predicted octanol–water partition coefficient (Wildman–Crippen LogP) is 3.95. The normalized spacial score (nSPS) is 13.8. The average molecular weight is 205 g/mol. The Morgan fingerprint density at radius 3 is 2.33 bits per heavy atom. The third-order valence-electron chi connectivity index (χ3n) is 2.53. The standard InChI is InChI=1S/C14H23N/c1-6-9-10-12(13(15)8-3)14(4,5)11-7-2/h6,8-10H,1,3,7,11,15H2,2,4-5H3/b10-9-,13-12-. The van der Waals surface area contributed by atoms with Crippen LogP contribution in [0.1, 0.15) is 33.6 Å². The zero-order valence-corrected chi connectivity index (χ0v) is 10.2. The van der Waals surface area contributed by atoms with Crippen LogP contribution in [0, 0.1) is 5.41 Å². The summed E-state index contributed by atoms with van der Waals surface area (Å²) < 4.78 is 0. The van der Waals surface area contributed by atoms with Gasteiger partial charge in [0.05, 0.1) is 0 Å². The minimum absolute atomic E-state index is 0.0898. The number of allylic oxidation sites excluding steroid dienone is 5. The fourth-order valence-electron chi connectivity index (χ4n) is 1.75. The maximum Gasteiger partial charge on any atom is 0.0346 e. The summed E-state index contributed by atoms with van der Waals surface area (Å²) >= 11 is 0. The fourth-order valence-corrected chi connectivity index (χ4v) is 1.75. The lowest BCUT2D eigenvalue weighted by Gasteiger charge is -2.27. The highest BCUT2D eigenvalue weighted by molar-refractivity contribution is 5.35. The van der Waals surface area contributed by atoms with E-state index in [1.807, 2.05) is 12.2 Å². The molecule has 0 aliphatic rings. The molecule has 0 heterocycles. The van der Waals surface area contributed by atoms with Crippen molar-refractivity contribution < 1.29 is 0 Å². The topological polar surface area (TPSA) is 26.0 Å². The van der Waals surface area contributed by atoms with Gasteiger partial charge in [0.25, 0.3) is 0 Å². The molecule has 0 aliphatic heterocycles. The lowest BCUT2D eigenvalue weighted by atomic mass is 9.79. The van der Waals surface area contributed by atoms with E-state index in [0.717, 1.165) is 24.1 Å².